The van der Waals surface area contributed by atoms with Gasteiger partial charge in [-0.05, 0) is 53.9 Å². The van der Waals surface area contributed by atoms with Crippen LogP contribution in [-0.4, -0.2) is 30.8 Å². The molecular weight excluding hydrogens is 374 g/mol. The van der Waals surface area contributed by atoms with Gasteiger partial charge in [-0.2, -0.15) is 0 Å². The van der Waals surface area contributed by atoms with E-state index in [0.29, 0.717) is 24.3 Å². The van der Waals surface area contributed by atoms with Gasteiger partial charge >= 0.3 is 0 Å². The molecule has 0 aliphatic carbocycles. The number of amides is 1. The molecular formula is C21H19N3O3S. The predicted octanol–water partition coefficient (Wildman–Crippen LogP) is 3.08. The molecule has 0 radical (unpaired) electrons. The van der Waals surface area contributed by atoms with E-state index in [2.05, 4.69) is 9.71 Å². The third kappa shape index (κ3) is 3.75. The number of fused-ring (bicyclic) bond motifs is 1. The van der Waals surface area contributed by atoms with Crippen LogP contribution in [0.3, 0.4) is 0 Å². The number of benzene rings is 2. The molecule has 0 unspecified atom stereocenters. The maximum Gasteiger partial charge on any atom is 0.263 e. The van der Waals surface area contributed by atoms with Crippen molar-refractivity contribution >= 4 is 21.6 Å². The van der Waals surface area contributed by atoms with Gasteiger partial charge in [-0.25, -0.2) is 8.42 Å². The van der Waals surface area contributed by atoms with Gasteiger partial charge < -0.3 is 4.90 Å². The van der Waals surface area contributed by atoms with Crippen molar-refractivity contribution in [3.05, 3.63) is 89.7 Å². The van der Waals surface area contributed by atoms with E-state index in [1.165, 1.54) is 18.5 Å². The van der Waals surface area contributed by atoms with Gasteiger partial charge in [0.25, 0.3) is 15.9 Å². The van der Waals surface area contributed by atoms with E-state index in [1.54, 1.807) is 35.2 Å². The molecule has 0 saturated carbocycles. The van der Waals surface area contributed by atoms with E-state index in [4.69, 9.17) is 0 Å². The molecule has 142 valence electrons. The monoisotopic (exact) mass is 393 g/mol. The number of carbonyl (C=O) groups is 1. The number of pyridine rings is 1. The Morgan fingerprint density at radius 3 is 2.57 bits per heavy atom. The Bertz CT molecular complexity index is 1100. The topological polar surface area (TPSA) is 79.4 Å². The van der Waals surface area contributed by atoms with E-state index in [-0.39, 0.29) is 10.8 Å². The van der Waals surface area contributed by atoms with Crippen LogP contribution >= 0.6 is 0 Å². The molecule has 0 bridgehead atoms. The molecule has 1 aliphatic heterocycles. The first-order valence-electron chi connectivity index (χ1n) is 8.92. The van der Waals surface area contributed by atoms with Crippen LogP contribution in [0.15, 0.2) is 78.0 Å². The van der Waals surface area contributed by atoms with Gasteiger partial charge in [-0.15, -0.1) is 0 Å². The first-order chi connectivity index (χ1) is 13.5. The highest BCUT2D eigenvalue weighted by Crippen LogP contribution is 2.25. The van der Waals surface area contributed by atoms with Crippen molar-refractivity contribution in [2.24, 2.45) is 0 Å². The molecule has 4 rings (SSSR count). The fraction of sp³-hybridized carbons (Fsp3) is 0.143. The summed E-state index contributed by atoms with van der Waals surface area (Å²) in [6.45, 7) is 1.09. The lowest BCUT2D eigenvalue weighted by Gasteiger charge is -2.29. The lowest BCUT2D eigenvalue weighted by Crippen LogP contribution is -2.36. The van der Waals surface area contributed by atoms with Crippen LogP contribution in [-0.2, 0) is 23.0 Å². The maximum atomic E-state index is 12.7. The number of rotatable bonds is 4. The summed E-state index contributed by atoms with van der Waals surface area (Å²) in [4.78, 5) is 18.5. The summed E-state index contributed by atoms with van der Waals surface area (Å²) in [7, 11) is -3.71. The molecule has 1 N–H and O–H groups in total. The Morgan fingerprint density at radius 2 is 1.82 bits per heavy atom. The average molecular weight is 393 g/mol. The summed E-state index contributed by atoms with van der Waals surface area (Å²) in [6, 6.07) is 17.7. The molecule has 2 aromatic carbocycles. The summed E-state index contributed by atoms with van der Waals surface area (Å²) in [5.41, 5.74) is 3.19. The quantitative estimate of drug-likeness (QED) is 0.739. The number of carbonyl (C=O) groups excluding carboxylic acids is 1. The smallest absolute Gasteiger partial charge is 0.263 e. The number of hydrogen-bond acceptors (Lipinski definition) is 4. The molecule has 0 fully saturated rings. The van der Waals surface area contributed by atoms with Crippen LogP contribution in [0.2, 0.25) is 0 Å². The van der Waals surface area contributed by atoms with Crippen molar-refractivity contribution in [1.82, 2.24) is 9.88 Å². The van der Waals surface area contributed by atoms with Crippen LogP contribution in [0.5, 0.6) is 0 Å². The lowest BCUT2D eigenvalue weighted by molar-refractivity contribution is 0.0734. The zero-order chi connectivity index (χ0) is 19.6. The number of sulfonamides is 1. The molecule has 1 amide bonds. The van der Waals surface area contributed by atoms with Crippen molar-refractivity contribution < 1.29 is 13.2 Å². The summed E-state index contributed by atoms with van der Waals surface area (Å²) < 4.78 is 27.6. The van der Waals surface area contributed by atoms with Crippen LogP contribution in [0.4, 0.5) is 5.69 Å². The Morgan fingerprint density at radius 1 is 1.00 bits per heavy atom. The third-order valence-electron chi connectivity index (χ3n) is 4.72. The van der Waals surface area contributed by atoms with Crippen molar-refractivity contribution in [2.75, 3.05) is 11.3 Å². The molecule has 0 atom stereocenters. The number of anilines is 1. The normalized spacial score (nSPS) is 13.6. The summed E-state index contributed by atoms with van der Waals surface area (Å²) in [5.74, 6) is -0.0207. The zero-order valence-corrected chi connectivity index (χ0v) is 15.9. The van der Waals surface area contributed by atoms with E-state index >= 15 is 0 Å². The lowest BCUT2D eigenvalue weighted by atomic mass is 9.98. The standard InChI is InChI=1S/C21H19N3O3S/c25-21(17-5-2-1-3-6-17)24-12-10-16-8-9-19(13-18(16)15-24)23-28(26,27)20-7-4-11-22-14-20/h1-9,11,13-14,23H,10,12,15H2. The van der Waals surface area contributed by atoms with Gasteiger partial charge in [0.1, 0.15) is 4.90 Å². The molecule has 0 saturated heterocycles. The molecule has 2 heterocycles. The summed E-state index contributed by atoms with van der Waals surface area (Å²) >= 11 is 0. The first kappa shape index (κ1) is 18.2. The van der Waals surface area contributed by atoms with Gasteiger partial charge in [-0.3, -0.25) is 14.5 Å². The number of hydrogen-bond donors (Lipinski definition) is 1. The highest BCUT2D eigenvalue weighted by Gasteiger charge is 2.22. The van der Waals surface area contributed by atoms with Crippen molar-refractivity contribution in [1.29, 1.82) is 0 Å². The molecule has 3 aromatic rings. The number of aromatic nitrogens is 1. The second-order valence-corrected chi connectivity index (χ2v) is 8.30. The van der Waals surface area contributed by atoms with Crippen LogP contribution in [0.25, 0.3) is 0 Å². The summed E-state index contributed by atoms with van der Waals surface area (Å²) in [5, 5.41) is 0. The van der Waals surface area contributed by atoms with E-state index < -0.39 is 10.0 Å². The second kappa shape index (κ2) is 7.44. The maximum absolute atomic E-state index is 12.7. The van der Waals surface area contributed by atoms with E-state index in [1.807, 2.05) is 24.3 Å². The Labute approximate surface area is 163 Å². The minimum Gasteiger partial charge on any atom is -0.334 e. The minimum atomic E-state index is -3.71. The zero-order valence-electron chi connectivity index (χ0n) is 15.1. The molecule has 6 nitrogen and oxygen atoms in total. The summed E-state index contributed by atoms with van der Waals surface area (Å²) in [6.07, 6.45) is 3.57. The molecule has 1 aromatic heterocycles. The van der Waals surface area contributed by atoms with Gasteiger partial charge in [0, 0.05) is 36.7 Å². The number of nitrogens with one attached hydrogen (secondary N) is 1. The van der Waals surface area contributed by atoms with Gasteiger partial charge in [0.2, 0.25) is 0 Å². The van der Waals surface area contributed by atoms with Gasteiger partial charge in [0.05, 0.1) is 0 Å². The third-order valence-corrected chi connectivity index (χ3v) is 6.09. The second-order valence-electron chi connectivity index (χ2n) is 6.62. The Balaban J connectivity index is 1.55. The fourth-order valence-electron chi connectivity index (χ4n) is 3.28. The van der Waals surface area contributed by atoms with Crippen LogP contribution in [0.1, 0.15) is 21.5 Å². The SMILES string of the molecule is O=C(c1ccccc1)N1CCc2ccc(NS(=O)(=O)c3cccnc3)cc2C1. The first-order valence-corrected chi connectivity index (χ1v) is 10.4. The van der Waals surface area contributed by atoms with E-state index in [0.717, 1.165) is 17.5 Å². The number of nitrogens with zero attached hydrogens (tertiary/aromatic N) is 2. The highest BCUT2D eigenvalue weighted by molar-refractivity contribution is 7.92. The molecule has 0 spiro atoms. The minimum absolute atomic E-state index is 0.0207. The highest BCUT2D eigenvalue weighted by atomic mass is 32.2. The molecule has 28 heavy (non-hydrogen) atoms. The van der Waals surface area contributed by atoms with Crippen molar-refractivity contribution in [3.8, 4) is 0 Å². The van der Waals surface area contributed by atoms with Crippen LogP contribution in [0, 0.1) is 0 Å². The largest absolute Gasteiger partial charge is 0.334 e. The average Bonchev–Trinajstić information content (AvgIpc) is 2.73. The van der Waals surface area contributed by atoms with Crippen molar-refractivity contribution in [2.45, 2.75) is 17.9 Å². The van der Waals surface area contributed by atoms with Crippen molar-refractivity contribution in [3.63, 3.8) is 0 Å². The van der Waals surface area contributed by atoms with Gasteiger partial charge in [-0.1, -0.05) is 24.3 Å². The predicted molar refractivity (Wildman–Crippen MR) is 106 cm³/mol. The molecule has 1 aliphatic rings. The Hall–Kier alpha value is -3.19. The Kier molecular flexibility index (Phi) is 4.83. The van der Waals surface area contributed by atoms with Crippen LogP contribution < -0.4 is 4.72 Å². The fourth-order valence-corrected chi connectivity index (χ4v) is 4.29. The van der Waals surface area contributed by atoms with E-state index in [9.17, 15) is 13.2 Å². The van der Waals surface area contributed by atoms with Gasteiger partial charge in [0.15, 0.2) is 0 Å². The molecule has 7 heteroatoms.